The molecule has 40 heavy (non-hydrogen) atoms. The smallest absolute Gasteiger partial charge is 0.303 e. The van der Waals surface area contributed by atoms with Gasteiger partial charge in [0.1, 0.15) is 24.3 Å². The number of methoxy groups -OCH3 is 1. The van der Waals surface area contributed by atoms with Crippen molar-refractivity contribution in [3.8, 4) is 0 Å². The lowest BCUT2D eigenvalue weighted by Gasteiger charge is -2.31. The molecular weight excluding hydrogens is 508 g/mol. The normalized spacial score (nSPS) is 17.6. The van der Waals surface area contributed by atoms with E-state index in [2.05, 4.69) is 37.3 Å². The van der Waals surface area contributed by atoms with E-state index in [1.54, 1.807) is 19.3 Å². The van der Waals surface area contributed by atoms with Crippen molar-refractivity contribution >= 4 is 18.5 Å². The molecule has 0 amide bonds. The van der Waals surface area contributed by atoms with Crippen LogP contribution in [0.2, 0.25) is 0 Å². The van der Waals surface area contributed by atoms with Crippen molar-refractivity contribution < 1.29 is 34.1 Å². The van der Waals surface area contributed by atoms with E-state index in [0.717, 1.165) is 30.3 Å². The van der Waals surface area contributed by atoms with Gasteiger partial charge in [0.15, 0.2) is 0 Å². The van der Waals surface area contributed by atoms with E-state index in [-0.39, 0.29) is 31.1 Å². The molecule has 2 N–H and O–H groups in total. The van der Waals surface area contributed by atoms with Gasteiger partial charge < -0.3 is 29.3 Å². The van der Waals surface area contributed by atoms with Crippen molar-refractivity contribution in [3.63, 3.8) is 0 Å². The Labute approximate surface area is 240 Å². The summed E-state index contributed by atoms with van der Waals surface area (Å²) in [5.74, 6) is -0.790. The number of carbonyl (C=O) groups is 3. The summed E-state index contributed by atoms with van der Waals surface area (Å²) in [4.78, 5) is 34.3. The minimum atomic E-state index is -1.46. The average Bonchev–Trinajstić information content (AvgIpc) is 2.90. The van der Waals surface area contributed by atoms with Crippen LogP contribution in [0.15, 0.2) is 60.2 Å². The van der Waals surface area contributed by atoms with E-state index in [1.165, 1.54) is 19.4 Å². The fourth-order valence-corrected chi connectivity index (χ4v) is 4.39. The standard InChI is InChI=1S/C33H48O7/c1-24(10-12-28-13-15-29(16-14-28)23-39-6)8-7-9-25(2)31(22-35)26(3)11-17-32(40-27(4)36)33(5,38)20-18-30(37)19-21-34/h7-9,11,13-17,21-22,24,26,30-32,37-38H,10,12,18-20,23H2,1-6H3/b8-7+,17-11+,25-9+/t24?,26-,30-,31+,32-,33-/m0/s1. The molecule has 1 rings (SSSR count). The van der Waals surface area contributed by atoms with E-state index >= 15 is 0 Å². The van der Waals surface area contributed by atoms with Gasteiger partial charge in [-0.2, -0.15) is 0 Å². The summed E-state index contributed by atoms with van der Waals surface area (Å²) in [6.07, 6.45) is 11.4. The zero-order valence-corrected chi connectivity index (χ0v) is 24.9. The highest BCUT2D eigenvalue weighted by molar-refractivity contribution is 5.66. The molecule has 0 radical (unpaired) electrons. The van der Waals surface area contributed by atoms with Gasteiger partial charge >= 0.3 is 5.97 Å². The zero-order valence-electron chi connectivity index (χ0n) is 24.9. The number of carbonyl (C=O) groups excluding carboxylic acids is 3. The number of hydrogen-bond acceptors (Lipinski definition) is 7. The molecule has 222 valence electrons. The van der Waals surface area contributed by atoms with E-state index in [1.807, 2.05) is 26.0 Å². The maximum Gasteiger partial charge on any atom is 0.303 e. The van der Waals surface area contributed by atoms with Crippen molar-refractivity contribution in [1.82, 2.24) is 0 Å². The molecule has 0 bridgehead atoms. The van der Waals surface area contributed by atoms with Gasteiger partial charge in [0.05, 0.1) is 12.7 Å². The molecule has 0 saturated carbocycles. The van der Waals surface area contributed by atoms with Crippen molar-refractivity contribution in [2.75, 3.05) is 7.11 Å². The molecule has 0 spiro atoms. The van der Waals surface area contributed by atoms with Crippen molar-refractivity contribution in [2.45, 2.75) is 91.1 Å². The number of rotatable bonds is 19. The Bertz CT molecular complexity index is 991. The molecule has 1 aromatic rings. The van der Waals surface area contributed by atoms with Crippen LogP contribution >= 0.6 is 0 Å². The third-order valence-electron chi connectivity index (χ3n) is 7.11. The third kappa shape index (κ3) is 13.5. The lowest BCUT2D eigenvalue weighted by atomic mass is 9.86. The third-order valence-corrected chi connectivity index (χ3v) is 7.11. The average molecular weight is 557 g/mol. The molecule has 0 aliphatic heterocycles. The Kier molecular flexibility index (Phi) is 16.2. The van der Waals surface area contributed by atoms with Crippen LogP contribution in [-0.2, 0) is 36.9 Å². The van der Waals surface area contributed by atoms with Gasteiger partial charge in [0.2, 0.25) is 0 Å². The molecule has 0 aliphatic rings. The second-order valence-electron chi connectivity index (χ2n) is 10.9. The van der Waals surface area contributed by atoms with Crippen LogP contribution in [0, 0.1) is 17.8 Å². The maximum absolute atomic E-state index is 12.0. The van der Waals surface area contributed by atoms with E-state index in [0.29, 0.717) is 18.8 Å². The van der Waals surface area contributed by atoms with Crippen LogP contribution in [0.4, 0.5) is 0 Å². The van der Waals surface area contributed by atoms with Crippen LogP contribution < -0.4 is 0 Å². The predicted octanol–water partition coefficient (Wildman–Crippen LogP) is 5.32. The van der Waals surface area contributed by atoms with E-state index in [9.17, 15) is 24.6 Å². The first-order valence-electron chi connectivity index (χ1n) is 14.0. The topological polar surface area (TPSA) is 110 Å². The quantitative estimate of drug-likeness (QED) is 0.103. The van der Waals surface area contributed by atoms with Crippen molar-refractivity contribution in [3.05, 3.63) is 71.3 Å². The Morgan fingerprint density at radius 2 is 1.68 bits per heavy atom. The van der Waals surface area contributed by atoms with Crippen LogP contribution in [-0.4, -0.2) is 53.7 Å². The Morgan fingerprint density at radius 3 is 2.25 bits per heavy atom. The lowest BCUT2D eigenvalue weighted by Crippen LogP contribution is -2.41. The van der Waals surface area contributed by atoms with E-state index in [4.69, 9.17) is 9.47 Å². The molecule has 1 unspecified atom stereocenters. The highest BCUT2D eigenvalue weighted by Crippen LogP contribution is 2.26. The number of hydrogen-bond donors (Lipinski definition) is 2. The minimum Gasteiger partial charge on any atom is -0.455 e. The molecule has 0 heterocycles. The van der Waals surface area contributed by atoms with Gasteiger partial charge in [-0.15, -0.1) is 0 Å². The summed E-state index contributed by atoms with van der Waals surface area (Å²) in [6.45, 7) is 9.37. The largest absolute Gasteiger partial charge is 0.455 e. The van der Waals surface area contributed by atoms with E-state index < -0.39 is 23.8 Å². The zero-order chi connectivity index (χ0) is 30.1. The van der Waals surface area contributed by atoms with Gasteiger partial charge in [-0.05, 0) is 68.6 Å². The summed E-state index contributed by atoms with van der Waals surface area (Å²) < 4.78 is 10.5. The first kappa shape index (κ1) is 35.2. The minimum absolute atomic E-state index is 0.0237. The molecular formula is C33H48O7. The molecule has 6 atom stereocenters. The summed E-state index contributed by atoms with van der Waals surface area (Å²) in [7, 11) is 1.69. The van der Waals surface area contributed by atoms with Gasteiger partial charge in [-0.3, -0.25) is 4.79 Å². The first-order chi connectivity index (χ1) is 18.9. The second-order valence-corrected chi connectivity index (χ2v) is 10.9. The summed E-state index contributed by atoms with van der Waals surface area (Å²) in [5.41, 5.74) is 1.89. The van der Waals surface area contributed by atoms with Crippen LogP contribution in [0.3, 0.4) is 0 Å². The van der Waals surface area contributed by atoms with Crippen molar-refractivity contribution in [1.29, 1.82) is 0 Å². The number of aldehydes is 2. The van der Waals surface area contributed by atoms with Gasteiger partial charge in [0.25, 0.3) is 0 Å². The van der Waals surface area contributed by atoms with Crippen LogP contribution in [0.5, 0.6) is 0 Å². The van der Waals surface area contributed by atoms with Crippen LogP contribution in [0.25, 0.3) is 0 Å². The first-order valence-corrected chi connectivity index (χ1v) is 14.0. The molecule has 7 nitrogen and oxygen atoms in total. The number of aryl methyl sites for hydroxylation is 1. The number of esters is 1. The van der Waals surface area contributed by atoms with Gasteiger partial charge in [-0.1, -0.05) is 68.0 Å². The SMILES string of the molecule is COCc1ccc(CCC(C)/C=C/C=C(\C)[C@@H](C=O)[C@@H](C)/C=C/[C@H](OC(C)=O)[C@@](C)(O)CC[C@H](O)CC=O)cc1. The van der Waals surface area contributed by atoms with Gasteiger partial charge in [-0.25, -0.2) is 0 Å². The lowest BCUT2D eigenvalue weighted by molar-refractivity contribution is -0.156. The number of ether oxygens (including phenoxy) is 2. The Balaban J connectivity index is 2.79. The Hall–Kier alpha value is -2.87. The molecule has 0 aromatic heterocycles. The number of aliphatic hydroxyl groups is 2. The molecule has 1 aromatic carbocycles. The Morgan fingerprint density at radius 1 is 1.02 bits per heavy atom. The molecule has 0 saturated heterocycles. The highest BCUT2D eigenvalue weighted by atomic mass is 16.6. The summed E-state index contributed by atoms with van der Waals surface area (Å²) in [6, 6.07) is 8.47. The maximum atomic E-state index is 12.0. The molecule has 0 aliphatic carbocycles. The fraction of sp³-hybridized carbons (Fsp3) is 0.545. The fourth-order valence-electron chi connectivity index (χ4n) is 4.39. The van der Waals surface area contributed by atoms with Crippen molar-refractivity contribution in [2.24, 2.45) is 17.8 Å². The molecule has 7 heteroatoms. The number of allylic oxidation sites excluding steroid dienone is 5. The molecule has 0 fully saturated rings. The predicted molar refractivity (Wildman–Crippen MR) is 157 cm³/mol. The van der Waals surface area contributed by atoms with Gasteiger partial charge in [0, 0.05) is 26.4 Å². The summed E-state index contributed by atoms with van der Waals surface area (Å²) in [5, 5.41) is 20.8. The monoisotopic (exact) mass is 556 g/mol. The second kappa shape index (κ2) is 18.5. The van der Waals surface area contributed by atoms with Crippen LogP contribution in [0.1, 0.15) is 71.4 Å². The summed E-state index contributed by atoms with van der Waals surface area (Å²) >= 11 is 0. The highest BCUT2D eigenvalue weighted by Gasteiger charge is 2.33. The number of benzene rings is 1. The number of aliphatic hydroxyl groups excluding tert-OH is 1.